The minimum atomic E-state index is 0.520. The van der Waals surface area contributed by atoms with E-state index < -0.39 is 0 Å². The van der Waals surface area contributed by atoms with Crippen LogP contribution in [0.15, 0.2) is 36.4 Å². The average Bonchev–Trinajstić information content (AvgIpc) is 2.33. The van der Waals surface area contributed by atoms with Gasteiger partial charge in [0.2, 0.25) is 0 Å². The molecule has 1 heteroatoms. The van der Waals surface area contributed by atoms with E-state index in [9.17, 15) is 0 Å². The summed E-state index contributed by atoms with van der Waals surface area (Å²) >= 11 is 0. The van der Waals surface area contributed by atoms with Crippen molar-refractivity contribution in [3.8, 4) is 0 Å². The maximum absolute atomic E-state index is 3.56. The van der Waals surface area contributed by atoms with Crippen LogP contribution in [0.25, 0.3) is 10.8 Å². The Morgan fingerprint density at radius 2 is 1.75 bits per heavy atom. The number of nitrogens with one attached hydrogen (secondary N) is 1. The molecule has 2 aromatic carbocycles. The summed E-state index contributed by atoms with van der Waals surface area (Å²) in [7, 11) is 0. The van der Waals surface area contributed by atoms with E-state index in [1.165, 1.54) is 22.0 Å². The Labute approximate surface area is 97.5 Å². The van der Waals surface area contributed by atoms with E-state index in [0.717, 1.165) is 6.42 Å². The summed E-state index contributed by atoms with van der Waals surface area (Å²) in [5.41, 5.74) is 2.58. The fraction of sp³-hybridized carbons (Fsp3) is 0.333. The van der Waals surface area contributed by atoms with Crippen LogP contribution >= 0.6 is 0 Å². The largest absolute Gasteiger partial charge is 0.382 e. The Hall–Kier alpha value is -1.50. The first-order chi connectivity index (χ1) is 7.72. The van der Waals surface area contributed by atoms with Crippen molar-refractivity contribution in [2.75, 3.05) is 5.32 Å². The summed E-state index contributed by atoms with van der Waals surface area (Å²) in [6.07, 6.45) is 1.14. The molecule has 0 aromatic heterocycles. The SMILES string of the molecule is CCC(C)Nc1ccc(C)c2ccccc12. The molecule has 0 saturated carbocycles. The highest BCUT2D eigenvalue weighted by Gasteiger charge is 2.04. The van der Waals surface area contributed by atoms with Gasteiger partial charge < -0.3 is 5.32 Å². The molecule has 1 N–H and O–H groups in total. The number of hydrogen-bond donors (Lipinski definition) is 1. The number of anilines is 1. The highest BCUT2D eigenvalue weighted by atomic mass is 14.9. The third kappa shape index (κ3) is 2.04. The van der Waals surface area contributed by atoms with Gasteiger partial charge in [0.1, 0.15) is 0 Å². The third-order valence-electron chi connectivity index (χ3n) is 3.16. The van der Waals surface area contributed by atoms with Crippen molar-refractivity contribution in [1.82, 2.24) is 0 Å². The van der Waals surface area contributed by atoms with Gasteiger partial charge >= 0.3 is 0 Å². The maximum Gasteiger partial charge on any atom is 0.0422 e. The van der Waals surface area contributed by atoms with Gasteiger partial charge in [0.05, 0.1) is 0 Å². The van der Waals surface area contributed by atoms with Crippen LogP contribution < -0.4 is 5.32 Å². The second-order valence-corrected chi connectivity index (χ2v) is 4.43. The van der Waals surface area contributed by atoms with Crippen molar-refractivity contribution in [2.45, 2.75) is 33.2 Å². The van der Waals surface area contributed by atoms with Crippen LogP contribution in [-0.2, 0) is 0 Å². The van der Waals surface area contributed by atoms with Crippen LogP contribution in [0.4, 0.5) is 5.69 Å². The van der Waals surface area contributed by atoms with Gasteiger partial charge in [-0.2, -0.15) is 0 Å². The summed E-state index contributed by atoms with van der Waals surface area (Å²) in [6, 6.07) is 13.5. The lowest BCUT2D eigenvalue weighted by atomic mass is 10.0. The molecule has 1 unspecified atom stereocenters. The molecule has 0 saturated heterocycles. The van der Waals surface area contributed by atoms with Gasteiger partial charge in [0.15, 0.2) is 0 Å². The van der Waals surface area contributed by atoms with Crippen molar-refractivity contribution < 1.29 is 0 Å². The van der Waals surface area contributed by atoms with Gasteiger partial charge in [-0.1, -0.05) is 37.3 Å². The standard InChI is InChI=1S/C15H19N/c1-4-12(3)16-15-10-9-11(2)13-7-5-6-8-14(13)15/h5-10,12,16H,4H2,1-3H3. The monoisotopic (exact) mass is 213 g/mol. The van der Waals surface area contributed by atoms with E-state index in [1.807, 2.05) is 0 Å². The molecule has 1 nitrogen and oxygen atoms in total. The minimum absolute atomic E-state index is 0.520. The molecule has 0 aliphatic rings. The maximum atomic E-state index is 3.56. The van der Waals surface area contributed by atoms with Crippen LogP contribution in [0.2, 0.25) is 0 Å². The molecular weight excluding hydrogens is 194 g/mol. The summed E-state index contributed by atoms with van der Waals surface area (Å²) in [6.45, 7) is 6.58. The first-order valence-electron chi connectivity index (χ1n) is 5.97. The van der Waals surface area contributed by atoms with Gasteiger partial charge in [-0.25, -0.2) is 0 Å². The van der Waals surface area contributed by atoms with Gasteiger partial charge in [0.25, 0.3) is 0 Å². The molecule has 0 heterocycles. The summed E-state index contributed by atoms with van der Waals surface area (Å²) in [5.74, 6) is 0. The number of aryl methyl sites for hydroxylation is 1. The molecule has 0 spiro atoms. The Kier molecular flexibility index (Phi) is 3.14. The van der Waals surface area contributed by atoms with Crippen LogP contribution in [0.1, 0.15) is 25.8 Å². The number of rotatable bonds is 3. The minimum Gasteiger partial charge on any atom is -0.382 e. The molecule has 16 heavy (non-hydrogen) atoms. The molecule has 0 aliphatic heterocycles. The highest BCUT2D eigenvalue weighted by Crippen LogP contribution is 2.26. The summed E-state index contributed by atoms with van der Waals surface area (Å²) in [4.78, 5) is 0. The Morgan fingerprint density at radius 1 is 1.06 bits per heavy atom. The quantitative estimate of drug-likeness (QED) is 0.798. The Balaban J connectivity index is 2.50. The molecular formula is C15H19N. The number of hydrogen-bond acceptors (Lipinski definition) is 1. The smallest absolute Gasteiger partial charge is 0.0422 e. The molecule has 2 rings (SSSR count). The van der Waals surface area contributed by atoms with E-state index in [0.29, 0.717) is 6.04 Å². The second-order valence-electron chi connectivity index (χ2n) is 4.43. The van der Waals surface area contributed by atoms with Crippen molar-refractivity contribution in [3.63, 3.8) is 0 Å². The van der Waals surface area contributed by atoms with Crippen LogP contribution in [0.3, 0.4) is 0 Å². The molecule has 0 radical (unpaired) electrons. The van der Waals surface area contributed by atoms with Crippen molar-refractivity contribution >= 4 is 16.5 Å². The van der Waals surface area contributed by atoms with Crippen LogP contribution in [0.5, 0.6) is 0 Å². The molecule has 84 valence electrons. The molecule has 0 aliphatic carbocycles. The number of fused-ring (bicyclic) bond motifs is 1. The first kappa shape index (κ1) is 11.0. The Bertz CT molecular complexity index is 488. The predicted octanol–water partition coefficient (Wildman–Crippen LogP) is 4.36. The molecule has 0 bridgehead atoms. The van der Waals surface area contributed by atoms with E-state index in [1.54, 1.807) is 0 Å². The highest BCUT2D eigenvalue weighted by molar-refractivity contribution is 5.96. The summed E-state index contributed by atoms with van der Waals surface area (Å²) in [5, 5.41) is 6.23. The fourth-order valence-electron chi connectivity index (χ4n) is 1.94. The second kappa shape index (κ2) is 4.56. The average molecular weight is 213 g/mol. The zero-order chi connectivity index (χ0) is 11.5. The molecule has 1 atom stereocenters. The lowest BCUT2D eigenvalue weighted by Crippen LogP contribution is -2.13. The zero-order valence-corrected chi connectivity index (χ0v) is 10.2. The third-order valence-corrected chi connectivity index (χ3v) is 3.16. The molecule has 2 aromatic rings. The summed E-state index contributed by atoms with van der Waals surface area (Å²) < 4.78 is 0. The van der Waals surface area contributed by atoms with E-state index in [4.69, 9.17) is 0 Å². The van der Waals surface area contributed by atoms with E-state index >= 15 is 0 Å². The predicted molar refractivity (Wildman–Crippen MR) is 72.1 cm³/mol. The van der Waals surface area contributed by atoms with E-state index in [-0.39, 0.29) is 0 Å². The lowest BCUT2D eigenvalue weighted by molar-refractivity contribution is 0.765. The van der Waals surface area contributed by atoms with Crippen LogP contribution in [-0.4, -0.2) is 6.04 Å². The first-order valence-corrected chi connectivity index (χ1v) is 5.97. The lowest BCUT2D eigenvalue weighted by Gasteiger charge is -2.16. The van der Waals surface area contributed by atoms with Gasteiger partial charge in [0, 0.05) is 17.1 Å². The van der Waals surface area contributed by atoms with Gasteiger partial charge in [-0.3, -0.25) is 0 Å². The Morgan fingerprint density at radius 3 is 2.44 bits per heavy atom. The van der Waals surface area contributed by atoms with Crippen LogP contribution in [0, 0.1) is 6.92 Å². The normalized spacial score (nSPS) is 12.7. The van der Waals surface area contributed by atoms with Crippen molar-refractivity contribution in [1.29, 1.82) is 0 Å². The molecule has 0 fully saturated rings. The number of benzene rings is 2. The topological polar surface area (TPSA) is 12.0 Å². The van der Waals surface area contributed by atoms with Gasteiger partial charge in [-0.15, -0.1) is 0 Å². The zero-order valence-electron chi connectivity index (χ0n) is 10.2. The van der Waals surface area contributed by atoms with Crippen molar-refractivity contribution in [3.05, 3.63) is 42.0 Å². The van der Waals surface area contributed by atoms with E-state index in [2.05, 4.69) is 62.5 Å². The van der Waals surface area contributed by atoms with Gasteiger partial charge in [-0.05, 0) is 37.3 Å². The molecule has 0 amide bonds. The van der Waals surface area contributed by atoms with Crippen molar-refractivity contribution in [2.24, 2.45) is 0 Å². The fourth-order valence-corrected chi connectivity index (χ4v) is 1.94.